The number of hydrogen-bond acceptors (Lipinski definition) is 2. The zero-order valence-electron chi connectivity index (χ0n) is 13.0. The van der Waals surface area contributed by atoms with Crippen LogP contribution < -0.4 is 0 Å². The summed E-state index contributed by atoms with van der Waals surface area (Å²) in [7, 11) is 0. The Morgan fingerprint density at radius 2 is 1.79 bits per heavy atom. The summed E-state index contributed by atoms with van der Waals surface area (Å²) in [5.74, 6) is 0.0270. The number of aryl methyl sites for hydroxylation is 2. The van der Waals surface area contributed by atoms with Crippen LogP contribution in [-0.4, -0.2) is 10.1 Å². The third-order valence-electron chi connectivity index (χ3n) is 4.37. The number of phenolic OH excluding ortho intramolecular Hbond substituents is 1. The van der Waals surface area contributed by atoms with Crippen LogP contribution in [0.25, 0.3) is 11.6 Å². The van der Waals surface area contributed by atoms with Crippen molar-refractivity contribution in [3.8, 4) is 5.75 Å². The smallest absolute Gasteiger partial charge is 0.123 e. The van der Waals surface area contributed by atoms with Crippen LogP contribution in [0.15, 0.2) is 60.8 Å². The number of benzene rings is 2. The third-order valence-corrected chi connectivity index (χ3v) is 4.37. The number of rotatable bonds is 1. The van der Waals surface area contributed by atoms with Crippen LogP contribution in [0.2, 0.25) is 0 Å². The van der Waals surface area contributed by atoms with Gasteiger partial charge >= 0.3 is 0 Å². The Labute approximate surface area is 139 Å². The standard InChI is InChI=1S/C21H16FNO/c22-16-6-9-18-15(13-16)5-10-21-19(2-1-11-23-21)20(18)12-14-3-7-17(24)8-4-14/h1-4,6-9,11-13,24H,5,10H2/b20-12-. The van der Waals surface area contributed by atoms with Crippen molar-refractivity contribution in [1.82, 2.24) is 4.98 Å². The number of nitrogens with zero attached hydrogens (tertiary/aromatic N) is 1. The lowest BCUT2D eigenvalue weighted by Crippen LogP contribution is -1.95. The summed E-state index contributed by atoms with van der Waals surface area (Å²) in [5.41, 5.74) is 6.16. The van der Waals surface area contributed by atoms with Gasteiger partial charge in [0.15, 0.2) is 0 Å². The van der Waals surface area contributed by atoms with Gasteiger partial charge in [-0.25, -0.2) is 4.39 Å². The minimum Gasteiger partial charge on any atom is -0.508 e. The first-order chi connectivity index (χ1) is 11.7. The van der Waals surface area contributed by atoms with Crippen molar-refractivity contribution in [1.29, 1.82) is 0 Å². The molecule has 1 heterocycles. The van der Waals surface area contributed by atoms with Crippen LogP contribution in [0.3, 0.4) is 0 Å². The molecular formula is C21H16FNO. The number of halogens is 1. The number of aromatic hydroxyl groups is 1. The van der Waals surface area contributed by atoms with E-state index in [1.165, 1.54) is 6.07 Å². The molecule has 0 amide bonds. The lowest BCUT2D eigenvalue weighted by Gasteiger charge is -2.12. The lowest BCUT2D eigenvalue weighted by molar-refractivity contribution is 0.475. The number of hydrogen-bond donors (Lipinski definition) is 1. The normalized spacial score (nSPS) is 14.8. The zero-order chi connectivity index (χ0) is 16.5. The molecule has 24 heavy (non-hydrogen) atoms. The number of pyridine rings is 1. The van der Waals surface area contributed by atoms with Gasteiger partial charge in [-0.05, 0) is 71.5 Å². The molecule has 0 aliphatic heterocycles. The topological polar surface area (TPSA) is 33.1 Å². The largest absolute Gasteiger partial charge is 0.508 e. The second kappa shape index (κ2) is 5.93. The number of aromatic nitrogens is 1. The lowest BCUT2D eigenvalue weighted by atomic mass is 9.93. The second-order valence-corrected chi connectivity index (χ2v) is 5.95. The zero-order valence-corrected chi connectivity index (χ0v) is 13.0. The molecule has 1 aliphatic rings. The summed E-state index contributed by atoms with van der Waals surface area (Å²) < 4.78 is 13.7. The molecule has 2 aromatic carbocycles. The molecule has 0 atom stereocenters. The van der Waals surface area contributed by atoms with E-state index in [9.17, 15) is 9.50 Å². The molecular weight excluding hydrogens is 301 g/mol. The molecule has 3 heteroatoms. The Hall–Kier alpha value is -2.94. The highest BCUT2D eigenvalue weighted by atomic mass is 19.1. The van der Waals surface area contributed by atoms with E-state index in [4.69, 9.17) is 0 Å². The Kier molecular flexibility index (Phi) is 3.62. The van der Waals surface area contributed by atoms with Crippen molar-refractivity contribution in [2.45, 2.75) is 12.8 Å². The minimum absolute atomic E-state index is 0.211. The summed E-state index contributed by atoms with van der Waals surface area (Å²) in [6, 6.07) is 16.0. The molecule has 0 bridgehead atoms. The maximum absolute atomic E-state index is 13.7. The summed E-state index contributed by atoms with van der Waals surface area (Å²) >= 11 is 0. The maximum Gasteiger partial charge on any atom is 0.123 e. The van der Waals surface area contributed by atoms with Gasteiger partial charge in [0.25, 0.3) is 0 Å². The van der Waals surface area contributed by atoms with E-state index in [1.54, 1.807) is 24.4 Å². The first kappa shape index (κ1) is 14.6. The molecule has 1 aromatic heterocycles. The average Bonchev–Trinajstić information content (AvgIpc) is 2.74. The van der Waals surface area contributed by atoms with Crippen molar-refractivity contribution in [2.75, 3.05) is 0 Å². The van der Waals surface area contributed by atoms with Gasteiger partial charge in [-0.15, -0.1) is 0 Å². The van der Waals surface area contributed by atoms with E-state index >= 15 is 0 Å². The third kappa shape index (κ3) is 2.69. The van der Waals surface area contributed by atoms with Gasteiger partial charge in [-0.2, -0.15) is 0 Å². The van der Waals surface area contributed by atoms with Gasteiger partial charge in [0.1, 0.15) is 11.6 Å². The van der Waals surface area contributed by atoms with Crippen molar-refractivity contribution in [3.05, 3.63) is 94.6 Å². The van der Waals surface area contributed by atoms with Crippen molar-refractivity contribution in [2.24, 2.45) is 0 Å². The average molecular weight is 317 g/mol. The Bertz CT molecular complexity index is 929. The molecule has 1 N–H and O–H groups in total. The summed E-state index contributed by atoms with van der Waals surface area (Å²) in [6.07, 6.45) is 5.43. The molecule has 2 nitrogen and oxygen atoms in total. The molecule has 0 fully saturated rings. The van der Waals surface area contributed by atoms with Gasteiger partial charge in [0, 0.05) is 17.5 Å². The quantitative estimate of drug-likeness (QED) is 0.711. The highest BCUT2D eigenvalue weighted by molar-refractivity contribution is 5.93. The number of phenols is 1. The van der Waals surface area contributed by atoms with E-state index in [1.807, 2.05) is 24.3 Å². The van der Waals surface area contributed by atoms with Crippen LogP contribution in [0.1, 0.15) is 27.9 Å². The Morgan fingerprint density at radius 1 is 0.958 bits per heavy atom. The van der Waals surface area contributed by atoms with Gasteiger partial charge in [-0.1, -0.05) is 24.3 Å². The van der Waals surface area contributed by atoms with Crippen LogP contribution in [0.5, 0.6) is 5.75 Å². The summed E-state index contributed by atoms with van der Waals surface area (Å²) in [6.45, 7) is 0. The fourth-order valence-corrected chi connectivity index (χ4v) is 3.21. The highest BCUT2D eigenvalue weighted by Gasteiger charge is 2.19. The van der Waals surface area contributed by atoms with E-state index in [2.05, 4.69) is 17.1 Å². The van der Waals surface area contributed by atoms with E-state index in [-0.39, 0.29) is 11.6 Å². The fraction of sp³-hybridized carbons (Fsp3) is 0.0952. The van der Waals surface area contributed by atoms with Crippen molar-refractivity contribution >= 4 is 11.6 Å². The SMILES string of the molecule is Oc1ccc(/C=C2/c3ccc(F)cc3CCc3ncccc32)cc1. The van der Waals surface area contributed by atoms with Gasteiger partial charge < -0.3 is 5.11 Å². The predicted octanol–water partition coefficient (Wildman–Crippen LogP) is 4.61. The van der Waals surface area contributed by atoms with E-state index in [0.29, 0.717) is 0 Å². The van der Waals surface area contributed by atoms with Crippen molar-refractivity contribution in [3.63, 3.8) is 0 Å². The maximum atomic E-state index is 13.7. The van der Waals surface area contributed by atoms with Crippen LogP contribution >= 0.6 is 0 Å². The molecule has 0 saturated heterocycles. The van der Waals surface area contributed by atoms with Crippen molar-refractivity contribution < 1.29 is 9.50 Å². The molecule has 118 valence electrons. The second-order valence-electron chi connectivity index (χ2n) is 5.95. The predicted molar refractivity (Wildman–Crippen MR) is 93.1 cm³/mol. The van der Waals surface area contributed by atoms with E-state index in [0.717, 1.165) is 46.4 Å². The van der Waals surface area contributed by atoms with Crippen LogP contribution in [0.4, 0.5) is 4.39 Å². The van der Waals surface area contributed by atoms with Gasteiger partial charge in [0.2, 0.25) is 0 Å². The Morgan fingerprint density at radius 3 is 2.62 bits per heavy atom. The molecule has 0 spiro atoms. The molecule has 0 unspecified atom stereocenters. The van der Waals surface area contributed by atoms with Gasteiger partial charge in [0.05, 0.1) is 0 Å². The molecule has 3 aromatic rings. The summed E-state index contributed by atoms with van der Waals surface area (Å²) in [4.78, 5) is 4.52. The van der Waals surface area contributed by atoms with Crippen LogP contribution in [-0.2, 0) is 12.8 Å². The first-order valence-electron chi connectivity index (χ1n) is 7.94. The fourth-order valence-electron chi connectivity index (χ4n) is 3.21. The Balaban J connectivity index is 1.95. The molecule has 1 aliphatic carbocycles. The first-order valence-corrected chi connectivity index (χ1v) is 7.94. The van der Waals surface area contributed by atoms with E-state index < -0.39 is 0 Å². The summed E-state index contributed by atoms with van der Waals surface area (Å²) in [5, 5.41) is 9.48. The minimum atomic E-state index is -0.211. The monoisotopic (exact) mass is 317 g/mol. The van der Waals surface area contributed by atoms with Gasteiger partial charge in [-0.3, -0.25) is 4.98 Å². The molecule has 0 radical (unpaired) electrons. The molecule has 4 rings (SSSR count). The highest BCUT2D eigenvalue weighted by Crippen LogP contribution is 2.34. The number of fused-ring (bicyclic) bond motifs is 2. The van der Waals surface area contributed by atoms with Crippen LogP contribution in [0, 0.1) is 5.82 Å². The molecule has 0 saturated carbocycles.